The summed E-state index contributed by atoms with van der Waals surface area (Å²) in [6.07, 6.45) is 7.89. The Balaban J connectivity index is 2.24. The molecule has 0 saturated heterocycles. The van der Waals surface area contributed by atoms with Crippen molar-refractivity contribution in [2.24, 2.45) is 0 Å². The van der Waals surface area contributed by atoms with Crippen LogP contribution in [-0.4, -0.2) is 4.98 Å². The van der Waals surface area contributed by atoms with Crippen LogP contribution in [0.3, 0.4) is 0 Å². The molecule has 0 radical (unpaired) electrons. The van der Waals surface area contributed by atoms with Gasteiger partial charge in [0.2, 0.25) is 0 Å². The summed E-state index contributed by atoms with van der Waals surface area (Å²) in [6.45, 7) is 5.86. The topological polar surface area (TPSA) is 15.8 Å². The maximum atomic E-state index is 3.71. The van der Waals surface area contributed by atoms with E-state index in [-0.39, 0.29) is 0 Å². The molecule has 0 spiro atoms. The average molecular weight is 285 g/mol. The number of aromatic amines is 1. The van der Waals surface area contributed by atoms with Crippen LogP contribution in [0.15, 0.2) is 85.5 Å². The van der Waals surface area contributed by atoms with Gasteiger partial charge in [0.05, 0.1) is 5.69 Å². The molecule has 0 atom stereocenters. The molecule has 0 saturated carbocycles. The van der Waals surface area contributed by atoms with Gasteiger partial charge in [0.1, 0.15) is 0 Å². The van der Waals surface area contributed by atoms with Crippen molar-refractivity contribution in [3.8, 4) is 11.3 Å². The first-order chi connectivity index (χ1) is 10.8. The molecule has 1 heteroatoms. The van der Waals surface area contributed by atoms with E-state index in [0.717, 1.165) is 5.52 Å². The third-order valence-corrected chi connectivity index (χ3v) is 3.76. The van der Waals surface area contributed by atoms with Gasteiger partial charge in [-0.1, -0.05) is 79.4 Å². The van der Waals surface area contributed by atoms with Crippen molar-refractivity contribution in [2.45, 2.75) is 6.92 Å². The van der Waals surface area contributed by atoms with Crippen molar-refractivity contribution in [2.75, 3.05) is 0 Å². The van der Waals surface area contributed by atoms with Crippen LogP contribution in [0.2, 0.25) is 0 Å². The number of benzene rings is 2. The number of hydrogen-bond acceptors (Lipinski definition) is 0. The highest BCUT2D eigenvalue weighted by Gasteiger charge is 2.13. The van der Waals surface area contributed by atoms with Gasteiger partial charge in [-0.05, 0) is 24.1 Å². The van der Waals surface area contributed by atoms with Crippen LogP contribution in [0.5, 0.6) is 0 Å². The molecule has 1 nitrogen and oxygen atoms in total. The third kappa shape index (κ3) is 2.66. The number of fused-ring (bicyclic) bond motifs is 1. The molecule has 0 aliphatic carbocycles. The van der Waals surface area contributed by atoms with E-state index in [2.05, 4.69) is 73.1 Å². The Hall–Kier alpha value is -2.80. The van der Waals surface area contributed by atoms with Gasteiger partial charge in [-0.25, -0.2) is 0 Å². The van der Waals surface area contributed by atoms with Crippen LogP contribution in [0, 0.1) is 0 Å². The number of nitrogens with one attached hydrogen (secondary N) is 1. The summed E-state index contributed by atoms with van der Waals surface area (Å²) in [6, 6.07) is 18.9. The summed E-state index contributed by atoms with van der Waals surface area (Å²) in [5.41, 5.74) is 6.03. The van der Waals surface area contributed by atoms with Gasteiger partial charge < -0.3 is 4.98 Å². The average Bonchev–Trinajstić information content (AvgIpc) is 2.95. The SMILES string of the molecule is C=C/C=C\C=C(/C)c1c(-c2ccccc2)[nH]c2ccccc12. The Kier molecular flexibility index (Phi) is 4.06. The molecule has 3 aromatic rings. The predicted molar refractivity (Wildman–Crippen MR) is 96.7 cm³/mol. The highest BCUT2D eigenvalue weighted by atomic mass is 14.7. The highest BCUT2D eigenvalue weighted by molar-refractivity contribution is 5.99. The minimum absolute atomic E-state index is 1.16. The number of para-hydroxylation sites is 1. The van der Waals surface area contributed by atoms with Crippen LogP contribution < -0.4 is 0 Å². The molecule has 0 unspecified atom stereocenters. The maximum absolute atomic E-state index is 3.71. The lowest BCUT2D eigenvalue weighted by molar-refractivity contribution is 1.44. The monoisotopic (exact) mass is 285 g/mol. The van der Waals surface area contributed by atoms with Crippen LogP contribution in [-0.2, 0) is 0 Å². The van der Waals surface area contributed by atoms with Crippen molar-refractivity contribution >= 4 is 16.5 Å². The summed E-state index contributed by atoms with van der Waals surface area (Å²) in [4.78, 5) is 3.57. The Labute approximate surface area is 131 Å². The molecular formula is C21H19N. The van der Waals surface area contributed by atoms with E-state index >= 15 is 0 Å². The second-order valence-corrected chi connectivity index (χ2v) is 5.26. The molecule has 3 rings (SSSR count). The Morgan fingerprint density at radius 3 is 2.45 bits per heavy atom. The van der Waals surface area contributed by atoms with E-state index in [4.69, 9.17) is 0 Å². The molecule has 108 valence electrons. The molecule has 0 amide bonds. The van der Waals surface area contributed by atoms with Crippen LogP contribution in [0.1, 0.15) is 12.5 Å². The second kappa shape index (κ2) is 6.31. The Morgan fingerprint density at radius 1 is 0.955 bits per heavy atom. The normalized spacial score (nSPS) is 12.1. The lowest BCUT2D eigenvalue weighted by Gasteiger charge is -2.05. The zero-order valence-corrected chi connectivity index (χ0v) is 12.7. The lowest BCUT2D eigenvalue weighted by Crippen LogP contribution is -1.84. The van der Waals surface area contributed by atoms with E-state index in [1.54, 1.807) is 6.08 Å². The van der Waals surface area contributed by atoms with E-state index < -0.39 is 0 Å². The first kappa shape index (κ1) is 14.2. The van der Waals surface area contributed by atoms with Gasteiger partial charge in [0.15, 0.2) is 0 Å². The summed E-state index contributed by atoms with van der Waals surface area (Å²) in [5.74, 6) is 0. The summed E-state index contributed by atoms with van der Waals surface area (Å²) >= 11 is 0. The molecule has 1 heterocycles. The van der Waals surface area contributed by atoms with Crippen molar-refractivity contribution < 1.29 is 0 Å². The number of hydrogen-bond donors (Lipinski definition) is 1. The van der Waals surface area contributed by atoms with Gasteiger partial charge in [-0.15, -0.1) is 0 Å². The largest absolute Gasteiger partial charge is 0.354 e. The van der Waals surface area contributed by atoms with E-state index in [1.807, 2.05) is 18.2 Å². The van der Waals surface area contributed by atoms with Crippen molar-refractivity contribution in [3.05, 3.63) is 91.0 Å². The summed E-state index contributed by atoms with van der Waals surface area (Å²) in [5, 5.41) is 1.25. The molecule has 1 aromatic heterocycles. The molecule has 0 aliphatic rings. The predicted octanol–water partition coefficient (Wildman–Crippen LogP) is 5.98. The molecule has 0 aliphatic heterocycles. The minimum Gasteiger partial charge on any atom is -0.354 e. The van der Waals surface area contributed by atoms with Crippen LogP contribution >= 0.6 is 0 Å². The van der Waals surface area contributed by atoms with Gasteiger partial charge in [0.25, 0.3) is 0 Å². The molecule has 0 bridgehead atoms. The Bertz CT molecular complexity index is 848. The summed E-state index contributed by atoms with van der Waals surface area (Å²) < 4.78 is 0. The number of H-pyrrole nitrogens is 1. The van der Waals surface area contributed by atoms with E-state index in [9.17, 15) is 0 Å². The number of aromatic nitrogens is 1. The van der Waals surface area contributed by atoms with Gasteiger partial charge >= 0.3 is 0 Å². The van der Waals surface area contributed by atoms with Crippen molar-refractivity contribution in [3.63, 3.8) is 0 Å². The van der Waals surface area contributed by atoms with Crippen molar-refractivity contribution in [1.29, 1.82) is 0 Å². The van der Waals surface area contributed by atoms with E-state index in [0.29, 0.717) is 0 Å². The second-order valence-electron chi connectivity index (χ2n) is 5.26. The van der Waals surface area contributed by atoms with Gasteiger partial charge in [-0.2, -0.15) is 0 Å². The van der Waals surface area contributed by atoms with E-state index in [1.165, 1.54) is 27.8 Å². The molecule has 1 N–H and O–H groups in total. The Morgan fingerprint density at radius 2 is 1.68 bits per heavy atom. The smallest absolute Gasteiger partial charge is 0.0541 e. The minimum atomic E-state index is 1.16. The maximum Gasteiger partial charge on any atom is 0.0541 e. The third-order valence-electron chi connectivity index (χ3n) is 3.76. The fraction of sp³-hybridized carbons (Fsp3) is 0.0476. The fourth-order valence-corrected chi connectivity index (χ4v) is 2.73. The zero-order chi connectivity index (χ0) is 15.4. The van der Waals surface area contributed by atoms with Gasteiger partial charge in [0, 0.05) is 16.5 Å². The molecule has 22 heavy (non-hydrogen) atoms. The fourth-order valence-electron chi connectivity index (χ4n) is 2.73. The van der Waals surface area contributed by atoms with Crippen molar-refractivity contribution in [1.82, 2.24) is 4.98 Å². The van der Waals surface area contributed by atoms with Crippen LogP contribution in [0.4, 0.5) is 0 Å². The van der Waals surface area contributed by atoms with Crippen LogP contribution in [0.25, 0.3) is 27.7 Å². The summed E-state index contributed by atoms with van der Waals surface area (Å²) in [7, 11) is 0. The van der Waals surface area contributed by atoms with Gasteiger partial charge in [-0.3, -0.25) is 0 Å². The lowest BCUT2D eigenvalue weighted by atomic mass is 9.99. The zero-order valence-electron chi connectivity index (χ0n) is 12.7. The number of rotatable bonds is 4. The number of allylic oxidation sites excluding steroid dienone is 5. The highest BCUT2D eigenvalue weighted by Crippen LogP contribution is 2.35. The molecular weight excluding hydrogens is 266 g/mol. The quantitative estimate of drug-likeness (QED) is 0.567. The first-order valence-corrected chi connectivity index (χ1v) is 7.43. The standard InChI is InChI=1S/C21H19N/c1-3-4-6-11-16(2)20-18-14-9-10-15-19(18)22-21(20)17-12-7-5-8-13-17/h3-15,22H,1H2,2H3/b6-4-,16-11+. The molecule has 2 aromatic carbocycles. The first-order valence-electron chi connectivity index (χ1n) is 7.43. The molecule has 0 fully saturated rings.